The van der Waals surface area contributed by atoms with Crippen LogP contribution in [0.15, 0.2) is 48.6 Å². The Labute approximate surface area is 109 Å². The standard InChI is InChI=1S/C14H13BrO2/c15-9-13(16)14-8-4-3-6-11(14)10-5-1-2-7-12(10)17-14/h1-8,10-12H,9H2. The van der Waals surface area contributed by atoms with E-state index in [0.717, 1.165) is 0 Å². The first-order chi connectivity index (χ1) is 8.28. The fraction of sp³-hybridized carbons (Fsp3) is 0.357. The third-order valence-corrected chi connectivity index (χ3v) is 4.21. The predicted octanol–water partition coefficient (Wildman–Crippen LogP) is 2.57. The predicted molar refractivity (Wildman–Crippen MR) is 69.9 cm³/mol. The van der Waals surface area contributed by atoms with Crippen LogP contribution in [0.5, 0.6) is 0 Å². The van der Waals surface area contributed by atoms with Gasteiger partial charge in [-0.25, -0.2) is 0 Å². The van der Waals surface area contributed by atoms with E-state index in [4.69, 9.17) is 4.74 Å². The molecule has 0 radical (unpaired) electrons. The Morgan fingerprint density at radius 3 is 2.76 bits per heavy atom. The van der Waals surface area contributed by atoms with Crippen LogP contribution in [0, 0.1) is 11.8 Å². The van der Waals surface area contributed by atoms with Crippen molar-refractivity contribution in [2.24, 2.45) is 11.8 Å². The summed E-state index contributed by atoms with van der Waals surface area (Å²) in [5.74, 6) is 0.479. The zero-order chi connectivity index (χ0) is 11.9. The summed E-state index contributed by atoms with van der Waals surface area (Å²) in [6.45, 7) is 0. The minimum absolute atomic E-state index is 0.0143. The molecule has 0 aromatic heterocycles. The number of ketones is 1. The summed E-state index contributed by atoms with van der Waals surface area (Å²) < 4.78 is 6.05. The van der Waals surface area contributed by atoms with Gasteiger partial charge in [0.25, 0.3) is 0 Å². The molecule has 3 heteroatoms. The van der Waals surface area contributed by atoms with Gasteiger partial charge in [0.15, 0.2) is 11.4 Å². The lowest BCUT2D eigenvalue weighted by molar-refractivity contribution is -0.135. The van der Waals surface area contributed by atoms with Gasteiger partial charge in [0.05, 0.1) is 11.4 Å². The molecular formula is C14H13BrO2. The molecule has 4 atom stereocenters. The Kier molecular flexibility index (Phi) is 2.68. The smallest absolute Gasteiger partial charge is 0.179 e. The van der Waals surface area contributed by atoms with E-state index in [0.29, 0.717) is 5.33 Å². The van der Waals surface area contributed by atoms with Crippen molar-refractivity contribution >= 4 is 21.7 Å². The molecule has 0 saturated carbocycles. The van der Waals surface area contributed by atoms with Gasteiger partial charge in [0.2, 0.25) is 0 Å². The summed E-state index contributed by atoms with van der Waals surface area (Å²) in [6, 6.07) is 0. The lowest BCUT2D eigenvalue weighted by Crippen LogP contribution is -2.44. The van der Waals surface area contributed by atoms with Crippen LogP contribution in [0.1, 0.15) is 0 Å². The van der Waals surface area contributed by atoms with Crippen molar-refractivity contribution in [2.45, 2.75) is 11.7 Å². The Hall–Kier alpha value is -0.930. The second-order valence-corrected chi connectivity index (χ2v) is 5.11. The maximum atomic E-state index is 12.2. The fourth-order valence-electron chi connectivity index (χ4n) is 2.89. The van der Waals surface area contributed by atoms with Gasteiger partial charge in [-0.1, -0.05) is 58.5 Å². The number of ether oxygens (including phenoxy) is 1. The van der Waals surface area contributed by atoms with Crippen LogP contribution in [0.25, 0.3) is 0 Å². The largest absolute Gasteiger partial charge is 0.354 e. The summed E-state index contributed by atoms with van der Waals surface area (Å²) in [7, 11) is 0. The highest BCUT2D eigenvalue weighted by atomic mass is 79.9. The average Bonchev–Trinajstić information content (AvgIpc) is 2.73. The summed E-state index contributed by atoms with van der Waals surface area (Å²) >= 11 is 3.26. The van der Waals surface area contributed by atoms with E-state index in [1.54, 1.807) is 0 Å². The number of halogens is 1. The molecule has 3 aliphatic rings. The van der Waals surface area contributed by atoms with E-state index in [1.807, 2.05) is 36.5 Å². The van der Waals surface area contributed by atoms with Gasteiger partial charge < -0.3 is 4.74 Å². The molecule has 1 heterocycles. The first-order valence-electron chi connectivity index (χ1n) is 5.76. The van der Waals surface area contributed by atoms with Gasteiger partial charge in [0, 0.05) is 11.8 Å². The molecule has 3 rings (SSSR count). The van der Waals surface area contributed by atoms with Crippen LogP contribution in [0.2, 0.25) is 0 Å². The van der Waals surface area contributed by atoms with E-state index >= 15 is 0 Å². The molecule has 2 nitrogen and oxygen atoms in total. The molecule has 1 aliphatic heterocycles. The minimum atomic E-state index is -0.771. The number of rotatable bonds is 2. The van der Waals surface area contributed by atoms with Crippen molar-refractivity contribution in [1.82, 2.24) is 0 Å². The number of allylic oxidation sites excluding steroid dienone is 4. The van der Waals surface area contributed by atoms with Gasteiger partial charge in [-0.3, -0.25) is 4.79 Å². The van der Waals surface area contributed by atoms with E-state index < -0.39 is 5.60 Å². The average molecular weight is 293 g/mol. The van der Waals surface area contributed by atoms with Crippen LogP contribution >= 0.6 is 15.9 Å². The minimum Gasteiger partial charge on any atom is -0.354 e. The second kappa shape index (κ2) is 4.07. The van der Waals surface area contributed by atoms with Crippen LogP contribution in [-0.2, 0) is 9.53 Å². The fourth-order valence-corrected chi connectivity index (χ4v) is 3.33. The number of hydrogen-bond acceptors (Lipinski definition) is 2. The molecule has 17 heavy (non-hydrogen) atoms. The van der Waals surface area contributed by atoms with Crippen LogP contribution in [-0.4, -0.2) is 22.8 Å². The topological polar surface area (TPSA) is 26.3 Å². The molecule has 88 valence electrons. The van der Waals surface area contributed by atoms with Crippen molar-refractivity contribution in [3.63, 3.8) is 0 Å². The van der Waals surface area contributed by atoms with E-state index in [2.05, 4.69) is 28.1 Å². The van der Waals surface area contributed by atoms with Crippen molar-refractivity contribution in [1.29, 1.82) is 0 Å². The summed E-state index contributed by atoms with van der Waals surface area (Å²) in [5.41, 5.74) is -0.771. The summed E-state index contributed by atoms with van der Waals surface area (Å²) in [4.78, 5) is 12.2. The molecular weight excluding hydrogens is 280 g/mol. The van der Waals surface area contributed by atoms with Gasteiger partial charge in [0.1, 0.15) is 0 Å². The van der Waals surface area contributed by atoms with Crippen LogP contribution in [0.4, 0.5) is 0 Å². The molecule has 0 aromatic rings. The highest BCUT2D eigenvalue weighted by molar-refractivity contribution is 9.09. The van der Waals surface area contributed by atoms with Crippen molar-refractivity contribution in [3.8, 4) is 0 Å². The highest BCUT2D eigenvalue weighted by Gasteiger charge is 2.55. The zero-order valence-electron chi connectivity index (χ0n) is 9.25. The van der Waals surface area contributed by atoms with Gasteiger partial charge in [-0.2, -0.15) is 0 Å². The van der Waals surface area contributed by atoms with Gasteiger partial charge in [-0.05, 0) is 6.08 Å². The number of Topliss-reactive ketones (excluding diaryl/α,β-unsaturated/α-hetero) is 1. The number of carbonyl (C=O) groups is 1. The molecule has 4 unspecified atom stereocenters. The molecule has 0 aromatic carbocycles. The molecule has 1 saturated heterocycles. The third kappa shape index (κ3) is 1.53. The number of fused-ring (bicyclic) bond motifs is 3. The molecule has 0 spiro atoms. The Balaban J connectivity index is 2.05. The monoisotopic (exact) mass is 292 g/mol. The molecule has 0 N–H and O–H groups in total. The van der Waals surface area contributed by atoms with E-state index in [1.165, 1.54) is 0 Å². The first kappa shape index (κ1) is 11.2. The zero-order valence-corrected chi connectivity index (χ0v) is 10.8. The van der Waals surface area contributed by atoms with Crippen LogP contribution in [0.3, 0.4) is 0 Å². The Morgan fingerprint density at radius 2 is 1.94 bits per heavy atom. The molecule has 1 fully saturated rings. The molecule has 2 aliphatic carbocycles. The number of hydrogen-bond donors (Lipinski definition) is 0. The quantitative estimate of drug-likeness (QED) is 0.731. The SMILES string of the molecule is O=C(CBr)C12C=CC=CC1C1C=CC=CC1O2. The lowest BCUT2D eigenvalue weighted by Gasteiger charge is -2.30. The third-order valence-electron chi connectivity index (χ3n) is 3.70. The van der Waals surface area contributed by atoms with Crippen LogP contribution < -0.4 is 0 Å². The Bertz CT molecular complexity index is 461. The molecule has 0 bridgehead atoms. The first-order valence-corrected chi connectivity index (χ1v) is 6.88. The maximum Gasteiger partial charge on any atom is 0.179 e. The normalized spacial score (nSPS) is 41.4. The van der Waals surface area contributed by atoms with Gasteiger partial charge >= 0.3 is 0 Å². The number of carbonyl (C=O) groups excluding carboxylic acids is 1. The highest BCUT2D eigenvalue weighted by Crippen LogP contribution is 2.47. The van der Waals surface area contributed by atoms with E-state index in [-0.39, 0.29) is 23.7 Å². The lowest BCUT2D eigenvalue weighted by atomic mass is 9.74. The van der Waals surface area contributed by atoms with E-state index in [9.17, 15) is 4.79 Å². The van der Waals surface area contributed by atoms with Crippen molar-refractivity contribution in [3.05, 3.63) is 48.6 Å². The Morgan fingerprint density at radius 1 is 1.18 bits per heavy atom. The number of alkyl halides is 1. The summed E-state index contributed by atoms with van der Waals surface area (Å²) in [5, 5.41) is 0.328. The van der Waals surface area contributed by atoms with Crippen molar-refractivity contribution in [2.75, 3.05) is 5.33 Å². The molecule has 0 amide bonds. The maximum absolute atomic E-state index is 12.2. The van der Waals surface area contributed by atoms with Gasteiger partial charge in [-0.15, -0.1) is 0 Å². The van der Waals surface area contributed by atoms with Crippen molar-refractivity contribution < 1.29 is 9.53 Å². The summed E-state index contributed by atoms with van der Waals surface area (Å²) in [6.07, 6.45) is 16.1. The second-order valence-electron chi connectivity index (χ2n) is 4.55.